The number of aryl methyl sites for hydroxylation is 1. The normalized spacial score (nSPS) is 10.8. The van der Waals surface area contributed by atoms with Crippen LogP contribution in [0.1, 0.15) is 23.9 Å². The van der Waals surface area contributed by atoms with E-state index in [0.717, 1.165) is 33.5 Å². The highest BCUT2D eigenvalue weighted by molar-refractivity contribution is 9.10. The summed E-state index contributed by atoms with van der Waals surface area (Å²) in [4.78, 5) is 0. The lowest BCUT2D eigenvalue weighted by molar-refractivity contribution is 0.288. The number of benzene rings is 2. The highest BCUT2D eigenvalue weighted by Gasteiger charge is 2.12. The Labute approximate surface area is 160 Å². The van der Waals surface area contributed by atoms with Gasteiger partial charge in [0.05, 0.1) is 0 Å². The SMILES string of the molecule is CCn1c(COc2cccc(C)c2)nnc1SCc1cccc(Br)c1. The minimum atomic E-state index is 0.418. The molecule has 4 nitrogen and oxygen atoms in total. The molecular weight excluding hydrogens is 398 g/mol. The molecule has 0 fully saturated rings. The lowest BCUT2D eigenvalue weighted by Gasteiger charge is -2.09. The topological polar surface area (TPSA) is 39.9 Å². The maximum absolute atomic E-state index is 5.87. The van der Waals surface area contributed by atoms with E-state index < -0.39 is 0 Å². The van der Waals surface area contributed by atoms with E-state index in [4.69, 9.17) is 4.74 Å². The first-order chi connectivity index (χ1) is 12.2. The van der Waals surface area contributed by atoms with Gasteiger partial charge in [0.15, 0.2) is 11.0 Å². The number of thioether (sulfide) groups is 1. The van der Waals surface area contributed by atoms with E-state index in [1.54, 1.807) is 11.8 Å². The van der Waals surface area contributed by atoms with Crippen molar-refractivity contribution in [1.82, 2.24) is 14.8 Å². The molecule has 0 unspecified atom stereocenters. The van der Waals surface area contributed by atoms with Gasteiger partial charge in [-0.05, 0) is 49.2 Å². The molecule has 1 heterocycles. The van der Waals surface area contributed by atoms with Crippen LogP contribution < -0.4 is 4.74 Å². The first kappa shape index (κ1) is 18.0. The van der Waals surface area contributed by atoms with Crippen LogP contribution in [0.15, 0.2) is 58.2 Å². The van der Waals surface area contributed by atoms with Crippen molar-refractivity contribution < 1.29 is 4.74 Å². The predicted molar refractivity (Wildman–Crippen MR) is 105 cm³/mol. The van der Waals surface area contributed by atoms with Crippen LogP contribution in [-0.4, -0.2) is 14.8 Å². The Morgan fingerprint density at radius 1 is 1.12 bits per heavy atom. The lowest BCUT2D eigenvalue weighted by atomic mass is 10.2. The molecule has 130 valence electrons. The summed E-state index contributed by atoms with van der Waals surface area (Å²) in [6, 6.07) is 16.4. The Balaban J connectivity index is 1.66. The Hall–Kier alpha value is -1.79. The smallest absolute Gasteiger partial charge is 0.191 e. The summed E-state index contributed by atoms with van der Waals surface area (Å²) in [5, 5.41) is 9.57. The van der Waals surface area contributed by atoms with Crippen LogP contribution in [0.2, 0.25) is 0 Å². The molecule has 0 atom stereocenters. The van der Waals surface area contributed by atoms with Crippen LogP contribution in [0.5, 0.6) is 5.75 Å². The maximum Gasteiger partial charge on any atom is 0.191 e. The average Bonchev–Trinajstić information content (AvgIpc) is 3.00. The van der Waals surface area contributed by atoms with Gasteiger partial charge in [-0.1, -0.05) is 52.0 Å². The van der Waals surface area contributed by atoms with Gasteiger partial charge in [-0.25, -0.2) is 0 Å². The third kappa shape index (κ3) is 4.86. The third-order valence-electron chi connectivity index (χ3n) is 3.72. The van der Waals surface area contributed by atoms with E-state index >= 15 is 0 Å². The minimum absolute atomic E-state index is 0.418. The second kappa shape index (κ2) is 8.54. The van der Waals surface area contributed by atoms with Crippen molar-refractivity contribution in [3.8, 4) is 5.75 Å². The molecule has 1 aromatic heterocycles. The van der Waals surface area contributed by atoms with Crippen molar-refractivity contribution in [2.45, 2.75) is 37.9 Å². The van der Waals surface area contributed by atoms with Crippen LogP contribution in [-0.2, 0) is 18.9 Å². The number of hydrogen-bond donors (Lipinski definition) is 0. The largest absolute Gasteiger partial charge is 0.486 e. The quantitative estimate of drug-likeness (QED) is 0.492. The fraction of sp³-hybridized carbons (Fsp3) is 0.263. The van der Waals surface area contributed by atoms with Crippen molar-refractivity contribution >= 4 is 27.7 Å². The molecule has 0 aliphatic carbocycles. The molecule has 0 saturated carbocycles. The Morgan fingerprint density at radius 2 is 1.96 bits per heavy atom. The van der Waals surface area contributed by atoms with Crippen molar-refractivity contribution in [3.05, 3.63) is 70.0 Å². The standard InChI is InChI=1S/C19H20BrN3OS/c1-3-23-18(12-24-17-9-4-6-14(2)10-17)21-22-19(23)25-13-15-7-5-8-16(20)11-15/h4-11H,3,12-13H2,1-2H3. The monoisotopic (exact) mass is 417 g/mol. The Morgan fingerprint density at radius 3 is 2.72 bits per heavy atom. The molecule has 6 heteroatoms. The predicted octanol–water partition coefficient (Wildman–Crippen LogP) is 5.24. The Bertz CT molecular complexity index is 783. The van der Waals surface area contributed by atoms with E-state index in [9.17, 15) is 0 Å². The van der Waals surface area contributed by atoms with Gasteiger partial charge >= 0.3 is 0 Å². The van der Waals surface area contributed by atoms with Crippen LogP contribution in [0, 0.1) is 6.92 Å². The van der Waals surface area contributed by atoms with Gasteiger partial charge in [0, 0.05) is 16.8 Å². The van der Waals surface area contributed by atoms with Gasteiger partial charge in [-0.15, -0.1) is 10.2 Å². The number of hydrogen-bond acceptors (Lipinski definition) is 4. The molecule has 0 amide bonds. The van der Waals surface area contributed by atoms with Crippen molar-refractivity contribution in [3.63, 3.8) is 0 Å². The van der Waals surface area contributed by atoms with Crippen LogP contribution in [0.4, 0.5) is 0 Å². The van der Waals surface area contributed by atoms with Crippen molar-refractivity contribution in [2.75, 3.05) is 0 Å². The highest BCUT2D eigenvalue weighted by Crippen LogP contribution is 2.24. The van der Waals surface area contributed by atoms with Crippen molar-refractivity contribution in [1.29, 1.82) is 0 Å². The van der Waals surface area contributed by atoms with Crippen LogP contribution in [0.25, 0.3) is 0 Å². The van der Waals surface area contributed by atoms with E-state index in [1.807, 2.05) is 30.3 Å². The van der Waals surface area contributed by atoms with Crippen molar-refractivity contribution in [2.24, 2.45) is 0 Å². The van der Waals surface area contributed by atoms with Gasteiger partial charge < -0.3 is 9.30 Å². The molecule has 0 bridgehead atoms. The Kier molecular flexibility index (Phi) is 6.15. The summed E-state index contributed by atoms with van der Waals surface area (Å²) in [5.74, 6) is 2.56. The molecule has 0 radical (unpaired) electrons. The molecular formula is C19H20BrN3OS. The zero-order valence-electron chi connectivity index (χ0n) is 14.3. The van der Waals surface area contributed by atoms with Crippen LogP contribution in [0.3, 0.4) is 0 Å². The molecule has 0 N–H and O–H groups in total. The molecule has 0 aliphatic heterocycles. The number of halogens is 1. The zero-order valence-corrected chi connectivity index (χ0v) is 16.7. The number of nitrogens with zero attached hydrogens (tertiary/aromatic N) is 3. The fourth-order valence-corrected chi connectivity index (χ4v) is 3.89. The number of ether oxygens (including phenoxy) is 1. The summed E-state index contributed by atoms with van der Waals surface area (Å²) < 4.78 is 9.07. The van der Waals surface area contributed by atoms with E-state index in [-0.39, 0.29) is 0 Å². The molecule has 0 spiro atoms. The van der Waals surface area contributed by atoms with Gasteiger partial charge in [-0.2, -0.15) is 0 Å². The van der Waals surface area contributed by atoms with Gasteiger partial charge in [0.25, 0.3) is 0 Å². The summed E-state index contributed by atoms with van der Waals surface area (Å²) in [6.45, 7) is 5.39. The van der Waals surface area contributed by atoms with Gasteiger partial charge in [0.1, 0.15) is 12.4 Å². The summed E-state index contributed by atoms with van der Waals surface area (Å²) >= 11 is 5.20. The van der Waals surface area contributed by atoms with Crippen LogP contribution >= 0.6 is 27.7 Å². The lowest BCUT2D eigenvalue weighted by Crippen LogP contribution is -2.07. The summed E-state index contributed by atoms with van der Waals surface area (Å²) in [5.41, 5.74) is 2.43. The second-order valence-electron chi connectivity index (χ2n) is 5.67. The fourth-order valence-electron chi connectivity index (χ4n) is 2.48. The van der Waals surface area contributed by atoms with E-state index in [2.05, 4.69) is 62.7 Å². The third-order valence-corrected chi connectivity index (χ3v) is 5.26. The molecule has 3 rings (SSSR count). The molecule has 0 aliphatic rings. The average molecular weight is 418 g/mol. The number of aromatic nitrogens is 3. The summed E-state index contributed by atoms with van der Waals surface area (Å²) in [6.07, 6.45) is 0. The first-order valence-electron chi connectivity index (χ1n) is 8.14. The number of rotatable bonds is 7. The molecule has 0 saturated heterocycles. The maximum atomic E-state index is 5.87. The minimum Gasteiger partial charge on any atom is -0.486 e. The summed E-state index contributed by atoms with van der Waals surface area (Å²) in [7, 11) is 0. The molecule has 2 aromatic carbocycles. The van der Waals surface area contributed by atoms with E-state index in [1.165, 1.54) is 11.1 Å². The van der Waals surface area contributed by atoms with Gasteiger partial charge in [-0.3, -0.25) is 0 Å². The highest BCUT2D eigenvalue weighted by atomic mass is 79.9. The molecule has 3 aromatic rings. The molecule has 25 heavy (non-hydrogen) atoms. The van der Waals surface area contributed by atoms with Gasteiger partial charge in [0.2, 0.25) is 0 Å². The van der Waals surface area contributed by atoms with E-state index in [0.29, 0.717) is 6.61 Å². The second-order valence-corrected chi connectivity index (χ2v) is 7.53. The first-order valence-corrected chi connectivity index (χ1v) is 9.92. The zero-order chi connectivity index (χ0) is 17.6.